The highest BCUT2D eigenvalue weighted by Crippen LogP contribution is 2.41. The average molecular weight is 283 g/mol. The highest BCUT2D eigenvalue weighted by Gasteiger charge is 2.23. The van der Waals surface area contributed by atoms with Gasteiger partial charge in [0.15, 0.2) is 0 Å². The first-order valence-electron chi connectivity index (χ1n) is 7.88. The van der Waals surface area contributed by atoms with Crippen LogP contribution in [0.15, 0.2) is 42.5 Å². The lowest BCUT2D eigenvalue weighted by Crippen LogP contribution is -2.14. The topological polar surface area (TPSA) is 12.0 Å². The first-order chi connectivity index (χ1) is 10.3. The van der Waals surface area contributed by atoms with Crippen molar-refractivity contribution in [2.24, 2.45) is 0 Å². The van der Waals surface area contributed by atoms with Gasteiger partial charge < -0.3 is 5.32 Å². The third-order valence-corrected chi connectivity index (χ3v) is 4.43. The molecule has 0 amide bonds. The number of halogens is 1. The number of benzene rings is 2. The van der Waals surface area contributed by atoms with E-state index in [0.717, 1.165) is 12.1 Å². The van der Waals surface area contributed by atoms with Crippen molar-refractivity contribution in [3.63, 3.8) is 0 Å². The third-order valence-electron chi connectivity index (χ3n) is 4.43. The first kappa shape index (κ1) is 14.3. The molecule has 1 N–H and O–H groups in total. The molecule has 0 unspecified atom stereocenters. The molecule has 0 aromatic heterocycles. The van der Waals surface area contributed by atoms with Crippen molar-refractivity contribution in [2.45, 2.75) is 38.6 Å². The SMILES string of the molecule is CCNCc1cc(F)ccc1-c1ccccc1C1CCC1. The molecule has 0 radical (unpaired) electrons. The molecule has 0 aliphatic heterocycles. The summed E-state index contributed by atoms with van der Waals surface area (Å²) in [7, 11) is 0. The molecule has 1 nitrogen and oxygen atoms in total. The van der Waals surface area contributed by atoms with Crippen molar-refractivity contribution in [3.05, 3.63) is 59.4 Å². The van der Waals surface area contributed by atoms with Gasteiger partial charge in [0.2, 0.25) is 0 Å². The van der Waals surface area contributed by atoms with E-state index in [0.29, 0.717) is 12.5 Å². The summed E-state index contributed by atoms with van der Waals surface area (Å²) in [6, 6.07) is 13.8. The van der Waals surface area contributed by atoms with Gasteiger partial charge in [-0.1, -0.05) is 43.7 Å². The molecule has 3 rings (SSSR count). The first-order valence-corrected chi connectivity index (χ1v) is 7.88. The lowest BCUT2D eigenvalue weighted by molar-refractivity contribution is 0.420. The van der Waals surface area contributed by atoms with E-state index in [1.54, 1.807) is 12.1 Å². The van der Waals surface area contributed by atoms with Crippen molar-refractivity contribution in [1.29, 1.82) is 0 Å². The molecular formula is C19H22FN. The lowest BCUT2D eigenvalue weighted by Gasteiger charge is -2.28. The summed E-state index contributed by atoms with van der Waals surface area (Å²) < 4.78 is 13.6. The van der Waals surface area contributed by atoms with E-state index in [2.05, 4.69) is 36.5 Å². The van der Waals surface area contributed by atoms with Gasteiger partial charge in [-0.05, 0) is 59.7 Å². The highest BCUT2D eigenvalue weighted by molar-refractivity contribution is 5.71. The van der Waals surface area contributed by atoms with E-state index < -0.39 is 0 Å². The van der Waals surface area contributed by atoms with Crippen molar-refractivity contribution in [3.8, 4) is 11.1 Å². The van der Waals surface area contributed by atoms with Crippen molar-refractivity contribution in [2.75, 3.05) is 6.54 Å². The standard InChI is InChI=1S/C19H22FN/c1-2-21-13-15-12-16(20)10-11-18(15)19-9-4-3-8-17(19)14-6-5-7-14/h3-4,8-12,14,21H,2,5-7,13H2,1H3. The van der Waals surface area contributed by atoms with Crippen molar-refractivity contribution < 1.29 is 4.39 Å². The Morgan fingerprint density at radius 1 is 1.10 bits per heavy atom. The van der Waals surface area contributed by atoms with E-state index in [9.17, 15) is 4.39 Å². The number of hydrogen-bond acceptors (Lipinski definition) is 1. The van der Waals surface area contributed by atoms with Crippen LogP contribution in [-0.4, -0.2) is 6.54 Å². The third kappa shape index (κ3) is 3.01. The highest BCUT2D eigenvalue weighted by atomic mass is 19.1. The smallest absolute Gasteiger partial charge is 0.123 e. The van der Waals surface area contributed by atoms with Crippen LogP contribution in [0.2, 0.25) is 0 Å². The van der Waals surface area contributed by atoms with E-state index in [-0.39, 0.29) is 5.82 Å². The predicted molar refractivity (Wildman–Crippen MR) is 85.8 cm³/mol. The summed E-state index contributed by atoms with van der Waals surface area (Å²) in [5, 5.41) is 3.31. The van der Waals surface area contributed by atoms with Gasteiger partial charge in [-0.15, -0.1) is 0 Å². The monoisotopic (exact) mass is 283 g/mol. The van der Waals surface area contributed by atoms with E-state index in [4.69, 9.17) is 0 Å². The molecule has 2 aromatic carbocycles. The van der Waals surface area contributed by atoms with Gasteiger partial charge in [-0.2, -0.15) is 0 Å². The predicted octanol–water partition coefficient (Wildman–Crippen LogP) is 4.87. The minimum Gasteiger partial charge on any atom is -0.313 e. The summed E-state index contributed by atoms with van der Waals surface area (Å²) in [5.74, 6) is 0.519. The number of nitrogens with one attached hydrogen (secondary N) is 1. The van der Waals surface area contributed by atoms with Crippen LogP contribution in [0.5, 0.6) is 0 Å². The van der Waals surface area contributed by atoms with Crippen LogP contribution in [0.4, 0.5) is 4.39 Å². The molecule has 1 saturated carbocycles. The molecule has 21 heavy (non-hydrogen) atoms. The number of rotatable bonds is 5. The molecule has 2 heteroatoms. The number of hydrogen-bond donors (Lipinski definition) is 1. The molecule has 0 spiro atoms. The normalized spacial score (nSPS) is 15.0. The Bertz CT molecular complexity index is 617. The lowest BCUT2D eigenvalue weighted by atomic mass is 9.77. The minimum absolute atomic E-state index is 0.159. The second-order valence-corrected chi connectivity index (χ2v) is 5.80. The Balaban J connectivity index is 2.03. The minimum atomic E-state index is -0.159. The van der Waals surface area contributed by atoms with Gasteiger partial charge >= 0.3 is 0 Å². The van der Waals surface area contributed by atoms with Crippen molar-refractivity contribution >= 4 is 0 Å². The molecule has 1 aliphatic rings. The Morgan fingerprint density at radius 3 is 2.62 bits per heavy atom. The van der Waals surface area contributed by atoms with E-state index >= 15 is 0 Å². The zero-order valence-electron chi connectivity index (χ0n) is 12.5. The zero-order valence-corrected chi connectivity index (χ0v) is 12.5. The van der Waals surface area contributed by atoms with Crippen LogP contribution in [0.25, 0.3) is 11.1 Å². The van der Waals surface area contributed by atoms with Crippen LogP contribution in [0.1, 0.15) is 43.2 Å². The van der Waals surface area contributed by atoms with Crippen LogP contribution in [0, 0.1) is 5.82 Å². The van der Waals surface area contributed by atoms with Gasteiger partial charge in [0.25, 0.3) is 0 Å². The molecule has 110 valence electrons. The summed E-state index contributed by atoms with van der Waals surface area (Å²) in [5.41, 5.74) is 4.91. The molecule has 0 saturated heterocycles. The van der Waals surface area contributed by atoms with Crippen LogP contribution in [0.3, 0.4) is 0 Å². The Hall–Kier alpha value is -1.67. The molecule has 2 aromatic rings. The molecule has 0 bridgehead atoms. The maximum Gasteiger partial charge on any atom is 0.123 e. The molecule has 0 heterocycles. The second-order valence-electron chi connectivity index (χ2n) is 5.80. The largest absolute Gasteiger partial charge is 0.313 e. The van der Waals surface area contributed by atoms with Gasteiger partial charge in [-0.25, -0.2) is 4.39 Å². The average Bonchev–Trinajstić information content (AvgIpc) is 2.44. The fourth-order valence-corrected chi connectivity index (χ4v) is 3.05. The van der Waals surface area contributed by atoms with Crippen molar-refractivity contribution in [1.82, 2.24) is 5.32 Å². The zero-order chi connectivity index (χ0) is 14.7. The molecule has 0 atom stereocenters. The summed E-state index contributed by atoms with van der Waals surface area (Å²) in [4.78, 5) is 0. The Morgan fingerprint density at radius 2 is 1.90 bits per heavy atom. The fourth-order valence-electron chi connectivity index (χ4n) is 3.05. The van der Waals surface area contributed by atoms with Gasteiger partial charge in [0, 0.05) is 6.54 Å². The molecule has 1 aliphatic carbocycles. The summed E-state index contributed by atoms with van der Waals surface area (Å²) >= 11 is 0. The van der Waals surface area contributed by atoms with Crippen LogP contribution in [-0.2, 0) is 6.54 Å². The quantitative estimate of drug-likeness (QED) is 0.825. The summed E-state index contributed by atoms with van der Waals surface area (Å²) in [6.07, 6.45) is 3.88. The van der Waals surface area contributed by atoms with Gasteiger partial charge in [0.1, 0.15) is 5.82 Å². The summed E-state index contributed by atoms with van der Waals surface area (Å²) in [6.45, 7) is 3.67. The Kier molecular flexibility index (Phi) is 4.35. The van der Waals surface area contributed by atoms with Crippen LogP contribution >= 0.6 is 0 Å². The maximum absolute atomic E-state index is 13.6. The van der Waals surface area contributed by atoms with Crippen LogP contribution < -0.4 is 5.32 Å². The van der Waals surface area contributed by atoms with Gasteiger partial charge in [-0.3, -0.25) is 0 Å². The second kappa shape index (κ2) is 6.40. The molecular weight excluding hydrogens is 261 g/mol. The fraction of sp³-hybridized carbons (Fsp3) is 0.368. The van der Waals surface area contributed by atoms with E-state index in [1.807, 2.05) is 6.07 Å². The molecule has 1 fully saturated rings. The van der Waals surface area contributed by atoms with E-state index in [1.165, 1.54) is 36.0 Å². The Labute approximate surface area is 126 Å². The van der Waals surface area contributed by atoms with Gasteiger partial charge in [0.05, 0.1) is 0 Å². The maximum atomic E-state index is 13.6.